The van der Waals surface area contributed by atoms with E-state index in [4.69, 9.17) is 0 Å². The van der Waals surface area contributed by atoms with E-state index in [9.17, 15) is 4.79 Å². The highest BCUT2D eigenvalue weighted by molar-refractivity contribution is 5.90. The number of H-pyrrole nitrogens is 1. The second-order valence-corrected chi connectivity index (χ2v) is 8.65. The summed E-state index contributed by atoms with van der Waals surface area (Å²) in [7, 11) is 0. The van der Waals surface area contributed by atoms with Crippen molar-refractivity contribution in [3.8, 4) is 0 Å². The molecule has 0 bridgehead atoms. The molecule has 3 aromatic rings. The van der Waals surface area contributed by atoms with Crippen molar-refractivity contribution in [2.45, 2.75) is 32.6 Å². The van der Waals surface area contributed by atoms with Crippen LogP contribution in [0.4, 0.5) is 5.69 Å². The number of hydrogen-bond donors (Lipinski definition) is 1. The van der Waals surface area contributed by atoms with Gasteiger partial charge in [0.05, 0.1) is 6.42 Å². The Balaban J connectivity index is 1.33. The molecule has 1 aliphatic heterocycles. The fourth-order valence-electron chi connectivity index (χ4n) is 4.57. The minimum atomic E-state index is 0.254. The van der Waals surface area contributed by atoms with Crippen molar-refractivity contribution in [2.75, 3.05) is 31.1 Å². The molecule has 0 radical (unpaired) electrons. The van der Waals surface area contributed by atoms with Crippen molar-refractivity contribution in [3.05, 3.63) is 59.9 Å². The lowest BCUT2D eigenvalue weighted by molar-refractivity contribution is -0.130. The maximum absolute atomic E-state index is 13.1. The predicted molar refractivity (Wildman–Crippen MR) is 116 cm³/mol. The third kappa shape index (κ3) is 3.61. The van der Waals surface area contributed by atoms with Gasteiger partial charge in [-0.15, -0.1) is 0 Å². The van der Waals surface area contributed by atoms with Crippen molar-refractivity contribution in [3.63, 3.8) is 0 Å². The number of carbonyl (C=O) groups is 1. The molecule has 2 fully saturated rings. The van der Waals surface area contributed by atoms with Crippen LogP contribution in [0.25, 0.3) is 11.0 Å². The van der Waals surface area contributed by atoms with Crippen LogP contribution in [0.5, 0.6) is 0 Å². The Morgan fingerprint density at radius 3 is 2.62 bits per heavy atom. The van der Waals surface area contributed by atoms with Crippen molar-refractivity contribution >= 4 is 22.6 Å². The lowest BCUT2D eigenvalue weighted by Gasteiger charge is -2.26. The third-order valence-corrected chi connectivity index (χ3v) is 6.57. The number of benzene rings is 1. The van der Waals surface area contributed by atoms with Gasteiger partial charge >= 0.3 is 0 Å². The monoisotopic (exact) mass is 388 g/mol. The van der Waals surface area contributed by atoms with E-state index in [1.165, 1.54) is 29.5 Å². The second-order valence-electron chi connectivity index (χ2n) is 8.65. The Morgan fingerprint density at radius 2 is 1.86 bits per heavy atom. The molecule has 5 rings (SSSR count). The van der Waals surface area contributed by atoms with E-state index in [2.05, 4.69) is 63.1 Å². The number of amides is 1. The summed E-state index contributed by atoms with van der Waals surface area (Å²) in [6, 6.07) is 12.7. The quantitative estimate of drug-likeness (QED) is 0.740. The summed E-state index contributed by atoms with van der Waals surface area (Å²) < 4.78 is 0. The van der Waals surface area contributed by atoms with Gasteiger partial charge in [-0.25, -0.2) is 4.98 Å². The van der Waals surface area contributed by atoms with Crippen LogP contribution in [-0.2, 0) is 17.6 Å². The van der Waals surface area contributed by atoms with E-state index >= 15 is 0 Å². The van der Waals surface area contributed by atoms with Crippen molar-refractivity contribution in [1.82, 2.24) is 14.9 Å². The molecule has 5 nitrogen and oxygen atoms in total. The number of pyridine rings is 1. The van der Waals surface area contributed by atoms with Gasteiger partial charge in [-0.2, -0.15) is 0 Å². The topological polar surface area (TPSA) is 52.2 Å². The van der Waals surface area contributed by atoms with E-state index in [0.717, 1.165) is 43.8 Å². The number of nitrogens with one attached hydrogen (secondary N) is 1. The van der Waals surface area contributed by atoms with Gasteiger partial charge in [-0.05, 0) is 42.5 Å². The molecular weight excluding hydrogens is 360 g/mol. The number of anilines is 1. The van der Waals surface area contributed by atoms with E-state index in [1.807, 2.05) is 12.4 Å². The van der Waals surface area contributed by atoms with Gasteiger partial charge < -0.3 is 14.8 Å². The molecule has 29 heavy (non-hydrogen) atoms. The average Bonchev–Trinajstić information content (AvgIpc) is 3.39. The van der Waals surface area contributed by atoms with Crippen molar-refractivity contribution in [2.24, 2.45) is 5.41 Å². The van der Waals surface area contributed by atoms with Gasteiger partial charge in [-0.1, -0.05) is 31.2 Å². The number of aryl methyl sites for hydroxylation is 1. The molecule has 2 aliphatic rings. The molecule has 1 aliphatic carbocycles. The zero-order valence-corrected chi connectivity index (χ0v) is 17.0. The van der Waals surface area contributed by atoms with Crippen LogP contribution in [-0.4, -0.2) is 47.0 Å². The summed E-state index contributed by atoms with van der Waals surface area (Å²) in [6.07, 6.45) is 7.77. The van der Waals surface area contributed by atoms with Crippen molar-refractivity contribution < 1.29 is 4.79 Å². The van der Waals surface area contributed by atoms with Gasteiger partial charge in [0, 0.05) is 55.1 Å². The maximum Gasteiger partial charge on any atom is 0.227 e. The highest BCUT2D eigenvalue weighted by atomic mass is 16.2. The summed E-state index contributed by atoms with van der Waals surface area (Å²) in [5.41, 5.74) is 4.84. The van der Waals surface area contributed by atoms with Crippen LogP contribution in [0.3, 0.4) is 0 Å². The lowest BCUT2D eigenvalue weighted by atomic mass is 10.0. The zero-order chi connectivity index (χ0) is 19.8. The summed E-state index contributed by atoms with van der Waals surface area (Å²) in [5, 5.41) is 1.17. The minimum absolute atomic E-state index is 0.254. The first-order chi connectivity index (χ1) is 14.2. The first-order valence-corrected chi connectivity index (χ1v) is 10.7. The smallest absolute Gasteiger partial charge is 0.227 e. The standard InChI is InChI=1S/C24H28N4O/c1-2-18-3-5-19(6-4-18)15-22(29)28-14-13-27(16-24(17-28)9-10-24)21-8-12-26-23-20(21)7-11-25-23/h3-8,11-12H,2,9-10,13-17H2,1H3,(H,25,26). The largest absolute Gasteiger partial charge is 0.368 e. The van der Waals surface area contributed by atoms with Crippen molar-refractivity contribution in [1.29, 1.82) is 0 Å². The fourth-order valence-corrected chi connectivity index (χ4v) is 4.57. The van der Waals surface area contributed by atoms with Crippen LogP contribution in [0.15, 0.2) is 48.8 Å². The van der Waals surface area contributed by atoms with Crippen LogP contribution in [0, 0.1) is 5.41 Å². The Kier molecular flexibility index (Phi) is 4.53. The molecular formula is C24H28N4O. The highest BCUT2D eigenvalue weighted by Crippen LogP contribution is 2.48. The van der Waals surface area contributed by atoms with Gasteiger partial charge in [0.1, 0.15) is 5.65 Å². The maximum atomic E-state index is 13.1. The third-order valence-electron chi connectivity index (χ3n) is 6.57. The molecule has 1 spiro atoms. The zero-order valence-electron chi connectivity index (χ0n) is 17.0. The number of aromatic nitrogens is 2. The van der Waals surface area contributed by atoms with Crippen LogP contribution >= 0.6 is 0 Å². The Bertz CT molecular complexity index is 1020. The lowest BCUT2D eigenvalue weighted by Crippen LogP contribution is -2.37. The minimum Gasteiger partial charge on any atom is -0.368 e. The van der Waals surface area contributed by atoms with Crippen LogP contribution in [0.2, 0.25) is 0 Å². The van der Waals surface area contributed by atoms with E-state index < -0.39 is 0 Å². The molecule has 0 unspecified atom stereocenters. The molecule has 5 heteroatoms. The second kappa shape index (κ2) is 7.21. The molecule has 1 saturated carbocycles. The fraction of sp³-hybridized carbons (Fsp3) is 0.417. The van der Waals surface area contributed by atoms with E-state index in [1.54, 1.807) is 0 Å². The highest BCUT2D eigenvalue weighted by Gasteiger charge is 2.47. The SMILES string of the molecule is CCc1ccc(CC(=O)N2CCN(c3ccnc4[nH]ccc34)CC3(CC3)C2)cc1. The molecule has 1 aromatic carbocycles. The molecule has 2 aromatic heterocycles. The molecule has 1 N–H and O–H groups in total. The van der Waals surface area contributed by atoms with Gasteiger partial charge in [0.15, 0.2) is 0 Å². The normalized spacial score (nSPS) is 18.2. The first-order valence-electron chi connectivity index (χ1n) is 10.7. The van der Waals surface area contributed by atoms with E-state index in [-0.39, 0.29) is 11.3 Å². The molecule has 3 heterocycles. The summed E-state index contributed by atoms with van der Waals surface area (Å²) >= 11 is 0. The Labute approximate surface area is 171 Å². The number of hydrogen-bond acceptors (Lipinski definition) is 3. The number of rotatable bonds is 4. The molecule has 1 saturated heterocycles. The average molecular weight is 389 g/mol. The molecule has 150 valence electrons. The Morgan fingerprint density at radius 1 is 1.07 bits per heavy atom. The van der Waals surface area contributed by atoms with Gasteiger partial charge in [0.2, 0.25) is 5.91 Å². The Hall–Kier alpha value is -2.82. The number of fused-ring (bicyclic) bond motifs is 1. The summed E-state index contributed by atoms with van der Waals surface area (Å²) in [5.74, 6) is 0.254. The van der Waals surface area contributed by atoms with Gasteiger partial charge in [0.25, 0.3) is 0 Å². The van der Waals surface area contributed by atoms with Crippen LogP contribution < -0.4 is 4.90 Å². The molecule has 1 amide bonds. The van der Waals surface area contributed by atoms with Crippen LogP contribution in [0.1, 0.15) is 30.9 Å². The van der Waals surface area contributed by atoms with E-state index in [0.29, 0.717) is 6.42 Å². The predicted octanol–water partition coefficient (Wildman–Crippen LogP) is 3.80. The number of aromatic amines is 1. The molecule has 0 atom stereocenters. The number of nitrogens with zero attached hydrogens (tertiary/aromatic N) is 3. The number of carbonyl (C=O) groups excluding carboxylic acids is 1. The summed E-state index contributed by atoms with van der Waals surface area (Å²) in [6.45, 7) is 5.71. The van der Waals surface area contributed by atoms with Gasteiger partial charge in [-0.3, -0.25) is 4.79 Å². The first kappa shape index (κ1) is 18.2. The summed E-state index contributed by atoms with van der Waals surface area (Å²) in [4.78, 5) is 25.3.